The van der Waals surface area contributed by atoms with E-state index >= 15 is 8.78 Å². The van der Waals surface area contributed by atoms with E-state index < -0.39 is 35.4 Å². The van der Waals surface area contributed by atoms with Crippen LogP contribution in [0.3, 0.4) is 0 Å². The monoisotopic (exact) mass is 1020 g/mol. The molecule has 12 rings (SSSR count). The predicted molar refractivity (Wildman–Crippen MR) is 278 cm³/mol. The molecule has 0 aliphatic carbocycles. The Morgan fingerprint density at radius 1 is 0.760 bits per heavy atom. The molecule has 2 bridgehead atoms. The lowest BCUT2D eigenvalue weighted by Crippen LogP contribution is -2.54. The minimum atomic E-state index is -0.972. The summed E-state index contributed by atoms with van der Waals surface area (Å²) in [6.07, 6.45) is 17.8. The molecule has 3 atom stereocenters. The molecule has 7 aliphatic heterocycles. The molecule has 9 heterocycles. The fraction of sp³-hybridized carbons (Fsp3) is 0.491. The van der Waals surface area contributed by atoms with Crippen LogP contribution in [0.1, 0.15) is 96.9 Å². The smallest absolute Gasteiger partial charge is 0.319 e. The van der Waals surface area contributed by atoms with Gasteiger partial charge in [0.05, 0.1) is 22.1 Å². The molecule has 75 heavy (non-hydrogen) atoms. The normalized spacial score (nSPS) is 23.4. The Labute approximate surface area is 434 Å². The average molecular weight is 1020 g/mol. The van der Waals surface area contributed by atoms with Crippen LogP contribution in [0.5, 0.6) is 11.8 Å². The van der Waals surface area contributed by atoms with Gasteiger partial charge in [0.15, 0.2) is 5.82 Å². The number of aromatic hydroxyl groups is 1. The van der Waals surface area contributed by atoms with E-state index in [0.29, 0.717) is 77.9 Å². The van der Waals surface area contributed by atoms with Gasteiger partial charge in [-0.25, -0.2) is 8.78 Å². The number of halogens is 2. The number of nitrogens with one attached hydrogen (secondary N) is 2. The SMILES string of the molecule is C#Cc1c(F)ccc2cc(O)cc(-c3ncc4c(N5CC6CCC(C5)N6)nc(OCCN5CCC(CC6CCN(CC7CCN(c8ccc9c(c8)C(=O)N(C8CCC(=O)NC8=O)C9=O)CC7)CC6)CC5)nc4c3F)c12. The zero-order chi connectivity index (χ0) is 51.5. The number of amides is 4. The first-order valence-electron chi connectivity index (χ1n) is 26.9. The van der Waals surface area contributed by atoms with Crippen LogP contribution < -0.4 is 25.2 Å². The largest absolute Gasteiger partial charge is 0.508 e. The number of phenols is 1. The molecular weight excluding hydrogens is 959 g/mol. The van der Waals surface area contributed by atoms with Gasteiger partial charge in [-0.1, -0.05) is 12.0 Å². The Kier molecular flexibility index (Phi) is 13.3. The maximum atomic E-state index is 17.0. The lowest BCUT2D eigenvalue weighted by Gasteiger charge is -2.39. The van der Waals surface area contributed by atoms with E-state index in [4.69, 9.17) is 16.1 Å². The van der Waals surface area contributed by atoms with Gasteiger partial charge >= 0.3 is 6.01 Å². The third kappa shape index (κ3) is 9.63. The number of ether oxygens (including phenoxy) is 1. The number of piperazine rings is 1. The molecule has 2 aromatic heterocycles. The highest BCUT2D eigenvalue weighted by atomic mass is 19.1. The number of hydrogen-bond acceptors (Lipinski definition) is 14. The van der Waals surface area contributed by atoms with Gasteiger partial charge < -0.3 is 29.9 Å². The molecule has 0 radical (unpaired) electrons. The minimum absolute atomic E-state index is 0.0333. The van der Waals surface area contributed by atoms with Crippen molar-refractivity contribution in [2.45, 2.75) is 88.8 Å². The quantitative estimate of drug-likeness (QED) is 0.0943. The molecule has 16 nitrogen and oxygen atoms in total. The van der Waals surface area contributed by atoms with Crippen molar-refractivity contribution in [2.24, 2.45) is 17.8 Å². The van der Waals surface area contributed by atoms with E-state index in [-0.39, 0.29) is 58.2 Å². The van der Waals surface area contributed by atoms with Crippen molar-refractivity contribution in [2.75, 3.05) is 81.9 Å². The number of rotatable bonds is 12. The molecule has 390 valence electrons. The standard InChI is InChI=1S/C57H62F2N10O6/c1-2-41-46(58)8-3-36-26-40(70)28-44(49(36)41)51-50(59)52-45(29-60-51)53(68-31-37-4-5-38(32-68)61-37)64-57(63-52)75-24-23-65-17-11-33(12-18-65)25-34-13-19-66(20-14-34)30-35-15-21-67(22-16-35)39-6-7-42-43(27-39)56(74)69(55(42)73)47-9-10-48(71)62-54(47)72/h1,3,6-8,26-29,33-35,37-38,47,61,70H,4-5,9-25,30-32H2,(H,62,71,72). The van der Waals surface area contributed by atoms with Crippen molar-refractivity contribution in [3.63, 3.8) is 0 Å². The van der Waals surface area contributed by atoms with Crippen molar-refractivity contribution in [3.05, 3.63) is 77.0 Å². The summed E-state index contributed by atoms with van der Waals surface area (Å²) in [5.41, 5.74) is 1.59. The van der Waals surface area contributed by atoms with Crippen LogP contribution in [0.15, 0.2) is 48.7 Å². The summed E-state index contributed by atoms with van der Waals surface area (Å²) >= 11 is 0. The van der Waals surface area contributed by atoms with Crippen LogP contribution in [0, 0.1) is 41.7 Å². The number of pyridine rings is 1. The van der Waals surface area contributed by atoms with E-state index in [1.807, 2.05) is 6.07 Å². The fourth-order valence-corrected chi connectivity index (χ4v) is 13.2. The fourth-order valence-electron chi connectivity index (χ4n) is 13.2. The van der Waals surface area contributed by atoms with Crippen LogP contribution >= 0.6 is 0 Å². The van der Waals surface area contributed by atoms with Crippen LogP contribution in [-0.2, 0) is 9.59 Å². The number of hydrogen-bond donors (Lipinski definition) is 3. The number of fused-ring (bicyclic) bond motifs is 5. The maximum Gasteiger partial charge on any atom is 0.319 e. The number of benzene rings is 3. The summed E-state index contributed by atoms with van der Waals surface area (Å²) in [5.74, 6) is 1.55. The van der Waals surface area contributed by atoms with Gasteiger partial charge in [0.25, 0.3) is 11.8 Å². The summed E-state index contributed by atoms with van der Waals surface area (Å²) in [4.78, 5) is 75.5. The van der Waals surface area contributed by atoms with Crippen LogP contribution in [-0.4, -0.2) is 149 Å². The lowest BCUT2D eigenvalue weighted by molar-refractivity contribution is -0.136. The minimum Gasteiger partial charge on any atom is -0.508 e. The van der Waals surface area contributed by atoms with Crippen LogP contribution in [0.4, 0.5) is 20.3 Å². The predicted octanol–water partition coefficient (Wildman–Crippen LogP) is 6.26. The number of aromatic nitrogens is 3. The van der Waals surface area contributed by atoms with Gasteiger partial charge in [-0.05, 0) is 150 Å². The number of phenolic OH excluding ortho intramolecular Hbond substituents is 1. The second-order valence-electron chi connectivity index (χ2n) is 21.9. The number of likely N-dealkylation sites (tertiary alicyclic amines) is 2. The average Bonchev–Trinajstić information content (AvgIpc) is 3.90. The number of terminal acetylenes is 1. The van der Waals surface area contributed by atoms with Crippen molar-refractivity contribution in [3.8, 4) is 35.4 Å². The number of imide groups is 2. The van der Waals surface area contributed by atoms with Gasteiger partial charge in [-0.15, -0.1) is 6.42 Å². The van der Waals surface area contributed by atoms with E-state index in [9.17, 15) is 24.3 Å². The third-order valence-corrected chi connectivity index (χ3v) is 17.2. The molecule has 5 aromatic rings. The highest BCUT2D eigenvalue weighted by molar-refractivity contribution is 6.23. The Morgan fingerprint density at radius 3 is 2.19 bits per heavy atom. The van der Waals surface area contributed by atoms with Crippen molar-refractivity contribution in [1.82, 2.24) is 40.3 Å². The first-order valence-corrected chi connectivity index (χ1v) is 26.9. The Morgan fingerprint density at radius 2 is 1.47 bits per heavy atom. The molecule has 18 heteroatoms. The van der Waals surface area contributed by atoms with E-state index in [1.165, 1.54) is 43.5 Å². The van der Waals surface area contributed by atoms with E-state index in [1.54, 1.807) is 18.3 Å². The highest BCUT2D eigenvalue weighted by Gasteiger charge is 2.45. The number of piperidine rings is 4. The van der Waals surface area contributed by atoms with Gasteiger partial charge in [0.1, 0.15) is 41.2 Å². The first-order chi connectivity index (χ1) is 36.4. The number of nitrogens with zero attached hydrogens (tertiary/aromatic N) is 8. The lowest BCUT2D eigenvalue weighted by atomic mass is 9.82. The summed E-state index contributed by atoms with van der Waals surface area (Å²) in [6, 6.07) is 10.7. The topological polar surface area (TPSA) is 177 Å². The molecule has 4 amide bonds. The maximum absolute atomic E-state index is 17.0. The number of carbonyl (C=O) groups is 4. The Balaban J connectivity index is 0.619. The zero-order valence-corrected chi connectivity index (χ0v) is 42.0. The van der Waals surface area contributed by atoms with Crippen molar-refractivity contribution >= 4 is 56.8 Å². The molecule has 3 unspecified atom stereocenters. The summed E-state index contributed by atoms with van der Waals surface area (Å²) in [7, 11) is 0. The van der Waals surface area contributed by atoms with Gasteiger partial charge in [0, 0.05) is 80.6 Å². The first kappa shape index (κ1) is 49.1. The second kappa shape index (κ2) is 20.4. The molecular formula is C57H62F2N10O6. The molecule has 0 saturated carbocycles. The molecule has 6 fully saturated rings. The summed E-state index contributed by atoms with van der Waals surface area (Å²) in [6.45, 7) is 9.51. The van der Waals surface area contributed by atoms with Crippen LogP contribution in [0.2, 0.25) is 0 Å². The molecule has 3 aromatic carbocycles. The summed E-state index contributed by atoms with van der Waals surface area (Å²) in [5, 5.41) is 17.8. The molecule has 0 spiro atoms. The highest BCUT2D eigenvalue weighted by Crippen LogP contribution is 2.40. The Bertz CT molecular complexity index is 3130. The third-order valence-electron chi connectivity index (χ3n) is 17.2. The van der Waals surface area contributed by atoms with E-state index in [2.05, 4.69) is 46.1 Å². The van der Waals surface area contributed by atoms with Crippen LogP contribution in [0.25, 0.3) is 32.9 Å². The zero-order valence-electron chi connectivity index (χ0n) is 42.0. The molecule has 3 N–H and O–H groups in total. The van der Waals surface area contributed by atoms with Gasteiger partial charge in [-0.3, -0.25) is 39.3 Å². The molecule has 7 aliphatic rings. The number of carbonyl (C=O) groups excluding carboxylic acids is 4. The van der Waals surface area contributed by atoms with Gasteiger partial charge in [-0.2, -0.15) is 9.97 Å². The van der Waals surface area contributed by atoms with Crippen molar-refractivity contribution < 1.29 is 37.8 Å². The summed E-state index contributed by atoms with van der Waals surface area (Å²) < 4.78 is 38.3. The number of anilines is 2. The molecule has 6 saturated heterocycles. The van der Waals surface area contributed by atoms with E-state index in [0.717, 1.165) is 101 Å². The second-order valence-corrected chi connectivity index (χ2v) is 21.9. The van der Waals surface area contributed by atoms with Gasteiger partial charge in [0.2, 0.25) is 11.8 Å². The Hall–Kier alpha value is -6.81. The van der Waals surface area contributed by atoms with Crippen molar-refractivity contribution in [1.29, 1.82) is 0 Å².